The maximum Gasteiger partial charge on any atom is 0.339 e. The molecule has 0 bridgehead atoms. The van der Waals surface area contributed by atoms with Crippen molar-refractivity contribution in [2.75, 3.05) is 6.54 Å². The van der Waals surface area contributed by atoms with E-state index in [1.54, 1.807) is 0 Å². The minimum atomic E-state index is -4.08. The van der Waals surface area contributed by atoms with Crippen molar-refractivity contribution in [2.45, 2.75) is 4.90 Å². The van der Waals surface area contributed by atoms with Gasteiger partial charge in [-0.1, -0.05) is 17.7 Å². The van der Waals surface area contributed by atoms with Crippen molar-refractivity contribution in [1.82, 2.24) is 4.90 Å². The molecule has 3 rings (SSSR count). The average molecular weight is 532 g/mol. The lowest BCUT2D eigenvalue weighted by Gasteiger charge is -2.10. The first-order chi connectivity index (χ1) is 14.1. The third-order valence-corrected chi connectivity index (χ3v) is 6.77. The number of thioether (sulfide) groups is 1. The summed E-state index contributed by atoms with van der Waals surface area (Å²) in [5, 5.41) is -0.210. The van der Waals surface area contributed by atoms with Crippen LogP contribution in [0.4, 0.5) is 4.79 Å². The number of carbonyl (C=O) groups is 3. The van der Waals surface area contributed by atoms with Gasteiger partial charge in [-0.2, -0.15) is 8.42 Å². The van der Waals surface area contributed by atoms with E-state index in [9.17, 15) is 22.8 Å². The largest absolute Gasteiger partial charge is 0.378 e. The molecule has 0 spiro atoms. The molecule has 0 radical (unpaired) electrons. The SMILES string of the molecule is NC(=O)CN1C(=O)S/C(=C\c2ccc(OS(=O)(=O)c3ccc(Cl)cc3)c(Br)c2)C1=O. The molecule has 0 aromatic heterocycles. The van der Waals surface area contributed by atoms with Crippen LogP contribution in [0, 0.1) is 0 Å². The predicted molar refractivity (Wildman–Crippen MR) is 115 cm³/mol. The fourth-order valence-electron chi connectivity index (χ4n) is 2.39. The molecule has 1 aliphatic rings. The predicted octanol–water partition coefficient (Wildman–Crippen LogP) is 3.39. The second-order valence-electron chi connectivity index (χ2n) is 5.92. The lowest BCUT2D eigenvalue weighted by molar-refractivity contribution is -0.127. The second-order valence-corrected chi connectivity index (χ2v) is 9.75. The minimum absolute atomic E-state index is 0.0314. The van der Waals surface area contributed by atoms with Gasteiger partial charge in [-0.05, 0) is 75.7 Å². The first kappa shape index (κ1) is 22.3. The van der Waals surface area contributed by atoms with Gasteiger partial charge in [0.2, 0.25) is 5.91 Å². The highest BCUT2D eigenvalue weighted by Crippen LogP contribution is 2.34. The molecule has 2 aromatic carbocycles. The molecular weight excluding hydrogens is 520 g/mol. The van der Waals surface area contributed by atoms with E-state index in [0.717, 1.165) is 4.90 Å². The first-order valence-corrected chi connectivity index (χ1v) is 11.5. The number of amides is 3. The number of carbonyl (C=O) groups excluding carboxylic acids is 3. The summed E-state index contributed by atoms with van der Waals surface area (Å²) in [4.78, 5) is 35.9. The second kappa shape index (κ2) is 8.80. The van der Waals surface area contributed by atoms with Crippen molar-refractivity contribution in [3.05, 3.63) is 62.4 Å². The molecule has 0 unspecified atom stereocenters. The highest BCUT2D eigenvalue weighted by molar-refractivity contribution is 9.10. The Morgan fingerprint density at radius 2 is 1.87 bits per heavy atom. The highest BCUT2D eigenvalue weighted by atomic mass is 79.9. The van der Waals surface area contributed by atoms with Gasteiger partial charge < -0.3 is 9.92 Å². The van der Waals surface area contributed by atoms with E-state index >= 15 is 0 Å². The number of hydrogen-bond acceptors (Lipinski definition) is 7. The first-order valence-electron chi connectivity index (χ1n) is 8.10. The van der Waals surface area contributed by atoms with Crippen molar-refractivity contribution in [3.63, 3.8) is 0 Å². The van der Waals surface area contributed by atoms with Crippen molar-refractivity contribution >= 4 is 72.5 Å². The standard InChI is InChI=1S/C18H12BrClN2O6S2/c19-13-7-10(8-15-17(24)22(9-16(21)23)18(25)29-15)1-6-14(13)28-30(26,27)12-4-2-11(20)3-5-12/h1-8H,9H2,(H2,21,23)/b15-8-. The number of nitrogens with zero attached hydrogens (tertiary/aromatic N) is 1. The Morgan fingerprint density at radius 3 is 2.47 bits per heavy atom. The summed E-state index contributed by atoms with van der Waals surface area (Å²) in [5.41, 5.74) is 5.54. The molecule has 30 heavy (non-hydrogen) atoms. The summed E-state index contributed by atoms with van der Waals surface area (Å²) >= 11 is 9.68. The van der Waals surface area contributed by atoms with E-state index < -0.39 is 33.7 Å². The van der Waals surface area contributed by atoms with E-state index in [1.807, 2.05) is 0 Å². The van der Waals surface area contributed by atoms with Crippen molar-refractivity contribution in [1.29, 1.82) is 0 Å². The van der Waals surface area contributed by atoms with Crippen LogP contribution in [-0.2, 0) is 19.7 Å². The maximum atomic E-state index is 12.4. The zero-order valence-corrected chi connectivity index (χ0v) is 18.8. The van der Waals surface area contributed by atoms with Gasteiger partial charge in [0.15, 0.2) is 5.75 Å². The Balaban J connectivity index is 1.81. The van der Waals surface area contributed by atoms with E-state index in [2.05, 4.69) is 15.9 Å². The van der Waals surface area contributed by atoms with Crippen molar-refractivity contribution < 1.29 is 27.0 Å². The van der Waals surface area contributed by atoms with Crippen LogP contribution in [0.25, 0.3) is 6.08 Å². The molecule has 0 atom stereocenters. The third-order valence-electron chi connectivity index (χ3n) is 3.74. The number of halogens is 2. The monoisotopic (exact) mass is 530 g/mol. The van der Waals surface area contributed by atoms with Gasteiger partial charge in [-0.25, -0.2) is 0 Å². The van der Waals surface area contributed by atoms with Gasteiger partial charge in [0.05, 0.1) is 9.38 Å². The zero-order chi connectivity index (χ0) is 22.1. The summed E-state index contributed by atoms with van der Waals surface area (Å²) in [7, 11) is -4.08. The Bertz CT molecular complexity index is 1180. The highest BCUT2D eigenvalue weighted by Gasteiger charge is 2.35. The molecule has 0 aliphatic carbocycles. The number of benzene rings is 2. The lowest BCUT2D eigenvalue weighted by Crippen LogP contribution is -2.36. The van der Waals surface area contributed by atoms with Gasteiger partial charge in [-0.15, -0.1) is 0 Å². The normalized spacial score (nSPS) is 15.7. The number of primary amides is 1. The number of imide groups is 1. The van der Waals surface area contributed by atoms with Crippen LogP contribution in [0.1, 0.15) is 5.56 Å². The Labute approximate surface area is 189 Å². The van der Waals surface area contributed by atoms with Crippen LogP contribution in [0.5, 0.6) is 5.75 Å². The Hall–Kier alpha value is -2.34. The van der Waals surface area contributed by atoms with Gasteiger partial charge in [-0.3, -0.25) is 19.3 Å². The van der Waals surface area contributed by atoms with E-state index in [0.29, 0.717) is 26.8 Å². The Morgan fingerprint density at radius 1 is 1.20 bits per heavy atom. The van der Waals surface area contributed by atoms with Crippen molar-refractivity contribution in [3.8, 4) is 5.75 Å². The van der Waals surface area contributed by atoms with E-state index in [-0.39, 0.29) is 15.6 Å². The Kier molecular flexibility index (Phi) is 6.56. The van der Waals surface area contributed by atoms with Crippen LogP contribution in [0.3, 0.4) is 0 Å². The number of hydrogen-bond donors (Lipinski definition) is 1. The molecular formula is C18H12BrClN2O6S2. The topological polar surface area (TPSA) is 124 Å². The summed E-state index contributed by atoms with van der Waals surface area (Å²) in [6.07, 6.45) is 1.44. The smallest absolute Gasteiger partial charge is 0.339 e. The minimum Gasteiger partial charge on any atom is -0.378 e. The molecule has 1 fully saturated rings. The van der Waals surface area contributed by atoms with Crippen LogP contribution in [0.2, 0.25) is 5.02 Å². The third kappa shape index (κ3) is 5.04. The van der Waals surface area contributed by atoms with Crippen LogP contribution in [0.15, 0.2) is 56.7 Å². The van der Waals surface area contributed by atoms with Crippen LogP contribution in [-0.4, -0.2) is 36.9 Å². The summed E-state index contributed by atoms with van der Waals surface area (Å²) in [5.74, 6) is -1.40. The summed E-state index contributed by atoms with van der Waals surface area (Å²) in [6, 6.07) is 9.94. The molecule has 2 N–H and O–H groups in total. The van der Waals surface area contributed by atoms with Crippen LogP contribution < -0.4 is 9.92 Å². The maximum absolute atomic E-state index is 12.4. The fraction of sp³-hybridized carbons (Fsp3) is 0.0556. The molecule has 3 amide bonds. The molecule has 2 aromatic rings. The number of nitrogens with two attached hydrogens (primary N) is 1. The zero-order valence-electron chi connectivity index (χ0n) is 14.9. The van der Waals surface area contributed by atoms with E-state index in [1.165, 1.54) is 48.5 Å². The lowest BCUT2D eigenvalue weighted by atomic mass is 10.2. The molecule has 1 aliphatic heterocycles. The van der Waals surface area contributed by atoms with Gasteiger partial charge in [0, 0.05) is 5.02 Å². The number of rotatable bonds is 6. The quantitative estimate of drug-likeness (QED) is 0.447. The van der Waals surface area contributed by atoms with E-state index in [4.69, 9.17) is 21.5 Å². The molecule has 1 saturated heterocycles. The molecule has 8 nitrogen and oxygen atoms in total. The molecule has 12 heteroatoms. The fourth-order valence-corrected chi connectivity index (χ4v) is 4.88. The summed E-state index contributed by atoms with van der Waals surface area (Å²) in [6.45, 7) is -0.499. The van der Waals surface area contributed by atoms with Gasteiger partial charge in [0.1, 0.15) is 11.4 Å². The average Bonchev–Trinajstić information content (AvgIpc) is 2.91. The molecule has 156 valence electrons. The van der Waals surface area contributed by atoms with Crippen molar-refractivity contribution in [2.24, 2.45) is 5.73 Å². The van der Waals surface area contributed by atoms with Gasteiger partial charge in [0.25, 0.3) is 11.1 Å². The molecule has 0 saturated carbocycles. The van der Waals surface area contributed by atoms with Crippen LogP contribution >= 0.6 is 39.3 Å². The summed E-state index contributed by atoms with van der Waals surface area (Å²) < 4.78 is 30.3. The van der Waals surface area contributed by atoms with Gasteiger partial charge >= 0.3 is 10.1 Å². The molecule has 1 heterocycles.